The number of hydrogen-bond acceptors (Lipinski definition) is 3. The van der Waals surface area contributed by atoms with Crippen molar-refractivity contribution in [3.8, 4) is 0 Å². The summed E-state index contributed by atoms with van der Waals surface area (Å²) >= 11 is 1.90. The molecule has 0 aromatic heterocycles. The number of carbonyl (C=O) groups is 1. The van der Waals surface area contributed by atoms with Gasteiger partial charge in [-0.25, -0.2) is 0 Å². The molecule has 1 aromatic rings. The van der Waals surface area contributed by atoms with E-state index in [1.807, 2.05) is 74.1 Å². The first kappa shape index (κ1) is 19.4. The fraction of sp³-hybridized carbons (Fsp3) is 0.611. The summed E-state index contributed by atoms with van der Waals surface area (Å²) in [5, 5.41) is 0. The van der Waals surface area contributed by atoms with Gasteiger partial charge in [0, 0.05) is 0 Å². The zero-order valence-electron chi connectivity index (χ0n) is 14.4. The van der Waals surface area contributed by atoms with Gasteiger partial charge in [-0.1, -0.05) is 51.1 Å². The van der Waals surface area contributed by atoms with Crippen molar-refractivity contribution in [2.75, 3.05) is 0 Å². The Morgan fingerprint density at radius 3 is 2.05 bits per heavy atom. The Morgan fingerprint density at radius 2 is 1.59 bits per heavy atom. The summed E-state index contributed by atoms with van der Waals surface area (Å²) in [7, 11) is 0. The van der Waals surface area contributed by atoms with Crippen LogP contribution in [0.4, 0.5) is 0 Å². The largest absolute Gasteiger partial charge is 0.460 e. The molecule has 124 valence electrons. The van der Waals surface area contributed by atoms with E-state index in [9.17, 15) is 4.79 Å². The molecular formula is C18H27IO3. The molecular weight excluding hydrogens is 391 g/mol. The lowest BCUT2D eigenvalue weighted by Crippen LogP contribution is -2.46. The molecule has 0 amide bonds. The van der Waals surface area contributed by atoms with Gasteiger partial charge in [-0.05, 0) is 38.2 Å². The Kier molecular flexibility index (Phi) is 6.45. The summed E-state index contributed by atoms with van der Waals surface area (Å²) < 4.78 is 11.1. The van der Waals surface area contributed by atoms with Crippen molar-refractivity contribution in [2.24, 2.45) is 10.8 Å². The lowest BCUT2D eigenvalue weighted by Gasteiger charge is -2.43. The third-order valence-corrected chi connectivity index (χ3v) is 5.50. The molecule has 0 saturated heterocycles. The second-order valence-electron chi connectivity index (χ2n) is 7.66. The Morgan fingerprint density at radius 1 is 1.05 bits per heavy atom. The van der Waals surface area contributed by atoms with Crippen molar-refractivity contribution in [2.45, 2.75) is 60.2 Å². The second-order valence-corrected chi connectivity index (χ2v) is 8.10. The van der Waals surface area contributed by atoms with Gasteiger partial charge in [0.05, 0.1) is 11.0 Å². The highest BCUT2D eigenvalue weighted by Crippen LogP contribution is 2.46. The highest BCUT2D eigenvalue weighted by Gasteiger charge is 2.49. The van der Waals surface area contributed by atoms with E-state index in [1.54, 1.807) is 0 Å². The Balaban J connectivity index is 2.90. The molecule has 0 bridgehead atoms. The van der Waals surface area contributed by atoms with Gasteiger partial charge in [-0.2, -0.15) is 0 Å². The molecule has 0 heterocycles. The maximum atomic E-state index is 12.8. The van der Waals surface area contributed by atoms with Gasteiger partial charge in [0.1, 0.15) is 29.6 Å². The number of hydrogen-bond donors (Lipinski definition) is 0. The molecule has 0 radical (unpaired) electrons. The summed E-state index contributed by atoms with van der Waals surface area (Å²) in [4.78, 5) is 12.8. The first-order valence-electron chi connectivity index (χ1n) is 7.53. The monoisotopic (exact) mass is 418 g/mol. The van der Waals surface area contributed by atoms with Crippen LogP contribution in [0, 0.1) is 10.8 Å². The first-order chi connectivity index (χ1) is 10.0. The minimum atomic E-state index is -0.629. The van der Waals surface area contributed by atoms with Crippen LogP contribution in [0.5, 0.6) is 0 Å². The summed E-state index contributed by atoms with van der Waals surface area (Å²) in [6.45, 7) is 12.5. The quantitative estimate of drug-likeness (QED) is 0.464. The van der Waals surface area contributed by atoms with Crippen molar-refractivity contribution >= 4 is 29.0 Å². The fourth-order valence-electron chi connectivity index (χ4n) is 2.40. The van der Waals surface area contributed by atoms with Crippen molar-refractivity contribution in [1.82, 2.24) is 0 Å². The number of esters is 1. The first-order valence-corrected chi connectivity index (χ1v) is 8.41. The molecule has 0 aliphatic heterocycles. The summed E-state index contributed by atoms with van der Waals surface area (Å²) in [5.41, 5.74) is -0.255. The van der Waals surface area contributed by atoms with Crippen molar-refractivity contribution < 1.29 is 12.6 Å². The molecule has 0 saturated carbocycles. The van der Waals surface area contributed by atoms with Gasteiger partial charge in [0.15, 0.2) is 0 Å². The van der Waals surface area contributed by atoms with Crippen LogP contribution < -0.4 is 0 Å². The van der Waals surface area contributed by atoms with E-state index in [0.717, 1.165) is 5.56 Å². The molecule has 1 atom stereocenters. The van der Waals surface area contributed by atoms with Gasteiger partial charge in [0.2, 0.25) is 0 Å². The predicted octanol–water partition coefficient (Wildman–Crippen LogP) is 5.32. The molecule has 3 nitrogen and oxygen atoms in total. The molecule has 0 N–H and O–H groups in total. The number of ether oxygens (including phenoxy) is 1. The van der Waals surface area contributed by atoms with Crippen molar-refractivity contribution in [1.29, 1.82) is 0 Å². The Hall–Kier alpha value is -0.620. The average Bonchev–Trinajstić information content (AvgIpc) is 2.44. The van der Waals surface area contributed by atoms with E-state index in [1.165, 1.54) is 0 Å². The summed E-state index contributed by atoms with van der Waals surface area (Å²) in [6.07, 6.45) is 0.597. The van der Waals surface area contributed by atoms with Crippen LogP contribution >= 0.6 is 23.0 Å². The fourth-order valence-corrected chi connectivity index (χ4v) is 2.56. The van der Waals surface area contributed by atoms with E-state index in [0.29, 0.717) is 13.0 Å². The topological polar surface area (TPSA) is 35.5 Å². The van der Waals surface area contributed by atoms with Crippen LogP contribution in [0.25, 0.3) is 0 Å². The van der Waals surface area contributed by atoms with E-state index < -0.39 is 11.0 Å². The summed E-state index contributed by atoms with van der Waals surface area (Å²) in [5.74, 6) is -0.176. The van der Waals surface area contributed by atoms with Gasteiger partial charge in [-0.15, -0.1) is 0 Å². The maximum absolute atomic E-state index is 12.8. The lowest BCUT2D eigenvalue weighted by molar-refractivity contribution is -0.167. The molecule has 4 heteroatoms. The second kappa shape index (κ2) is 7.30. The van der Waals surface area contributed by atoms with E-state index in [2.05, 4.69) is 20.8 Å². The molecule has 1 unspecified atom stereocenters. The molecule has 0 fully saturated rings. The minimum Gasteiger partial charge on any atom is -0.460 e. The Labute approximate surface area is 148 Å². The van der Waals surface area contributed by atoms with Crippen LogP contribution in [0.2, 0.25) is 0 Å². The van der Waals surface area contributed by atoms with Crippen LogP contribution in [0.15, 0.2) is 30.3 Å². The SMILES string of the molecule is CC(C)(CC(C)(C(=O)OCc1ccccc1)C(C)(C)C)OI. The lowest BCUT2D eigenvalue weighted by atomic mass is 9.63. The van der Waals surface area contributed by atoms with Gasteiger partial charge < -0.3 is 7.80 Å². The number of carbonyl (C=O) groups excluding carboxylic acids is 1. The minimum absolute atomic E-state index is 0.176. The third kappa shape index (κ3) is 4.95. The van der Waals surface area contributed by atoms with E-state index >= 15 is 0 Å². The number of benzene rings is 1. The average molecular weight is 418 g/mol. The standard InChI is InChI=1S/C18H27IO3/c1-16(2,3)18(6,13-17(4,5)22-19)15(20)21-12-14-10-8-7-9-11-14/h7-11H,12-13H2,1-6H3. The highest BCUT2D eigenvalue weighted by atomic mass is 127. The molecule has 22 heavy (non-hydrogen) atoms. The molecule has 1 rings (SSSR count). The summed E-state index contributed by atoms with van der Waals surface area (Å²) in [6, 6.07) is 9.75. The van der Waals surface area contributed by atoms with Gasteiger partial charge in [-0.3, -0.25) is 4.79 Å². The van der Waals surface area contributed by atoms with E-state index in [4.69, 9.17) is 7.80 Å². The van der Waals surface area contributed by atoms with Crippen LogP contribution in [0.3, 0.4) is 0 Å². The maximum Gasteiger partial charge on any atom is 0.312 e. The number of halogens is 1. The van der Waals surface area contributed by atoms with Crippen LogP contribution in [-0.2, 0) is 19.2 Å². The molecule has 0 spiro atoms. The number of rotatable bonds is 6. The highest BCUT2D eigenvalue weighted by molar-refractivity contribution is 14.1. The molecule has 0 aliphatic rings. The normalized spacial score (nSPS) is 15.2. The van der Waals surface area contributed by atoms with Gasteiger partial charge >= 0.3 is 5.97 Å². The third-order valence-electron chi connectivity index (χ3n) is 4.31. The zero-order chi connectivity index (χ0) is 17.0. The van der Waals surface area contributed by atoms with Crippen LogP contribution in [-0.4, -0.2) is 11.6 Å². The zero-order valence-corrected chi connectivity index (χ0v) is 16.6. The molecule has 0 aliphatic carbocycles. The Bertz CT molecular complexity index is 491. The molecule has 1 aromatic carbocycles. The predicted molar refractivity (Wildman–Crippen MR) is 97.6 cm³/mol. The van der Waals surface area contributed by atoms with Crippen molar-refractivity contribution in [3.63, 3.8) is 0 Å². The van der Waals surface area contributed by atoms with Crippen molar-refractivity contribution in [3.05, 3.63) is 35.9 Å². The van der Waals surface area contributed by atoms with Crippen LogP contribution in [0.1, 0.15) is 53.5 Å². The smallest absolute Gasteiger partial charge is 0.312 e. The van der Waals surface area contributed by atoms with Gasteiger partial charge in [0.25, 0.3) is 0 Å². The van der Waals surface area contributed by atoms with E-state index in [-0.39, 0.29) is 11.4 Å².